The van der Waals surface area contributed by atoms with E-state index in [9.17, 15) is 24.5 Å². The van der Waals surface area contributed by atoms with Crippen molar-refractivity contribution < 1.29 is 19.3 Å². The number of nitro benzene ring substituents is 1. The molecule has 3 heterocycles. The lowest BCUT2D eigenvalue weighted by Crippen LogP contribution is -2.51. The Balaban J connectivity index is 1.55. The van der Waals surface area contributed by atoms with E-state index in [0.29, 0.717) is 21.8 Å². The van der Waals surface area contributed by atoms with Crippen LogP contribution in [0.4, 0.5) is 17.1 Å². The number of non-ortho nitro benzene ring substituents is 1. The number of Topliss-reactive ketones (excluding diaryl/α,β-unsaturated/α-hetero) is 2. The van der Waals surface area contributed by atoms with E-state index in [1.807, 2.05) is 54.3 Å². The summed E-state index contributed by atoms with van der Waals surface area (Å²) >= 11 is 6.15. The van der Waals surface area contributed by atoms with E-state index in [1.165, 1.54) is 24.3 Å². The number of benzene rings is 4. The van der Waals surface area contributed by atoms with Gasteiger partial charge in [0.1, 0.15) is 11.5 Å². The van der Waals surface area contributed by atoms with Crippen LogP contribution < -0.4 is 10.2 Å². The first-order valence-electron chi connectivity index (χ1n) is 13.8. The van der Waals surface area contributed by atoms with Gasteiger partial charge in [-0.2, -0.15) is 0 Å². The predicted molar refractivity (Wildman–Crippen MR) is 164 cm³/mol. The Bertz CT molecular complexity index is 1900. The minimum Gasteiger partial charge on any atom is -0.352 e. The van der Waals surface area contributed by atoms with E-state index in [4.69, 9.17) is 11.6 Å². The molecule has 8 nitrogen and oxygen atoms in total. The van der Waals surface area contributed by atoms with Gasteiger partial charge in [0.05, 0.1) is 16.9 Å². The number of para-hydroxylation sites is 2. The first-order valence-corrected chi connectivity index (χ1v) is 14.2. The van der Waals surface area contributed by atoms with Crippen molar-refractivity contribution in [2.24, 2.45) is 5.92 Å². The molecule has 9 heteroatoms. The quantitative estimate of drug-likeness (QED) is 0.162. The van der Waals surface area contributed by atoms with Crippen LogP contribution in [0.3, 0.4) is 0 Å². The van der Waals surface area contributed by atoms with Crippen LogP contribution in [0.25, 0.3) is 5.57 Å². The van der Waals surface area contributed by atoms with Crippen molar-refractivity contribution in [2.75, 3.05) is 10.2 Å². The highest BCUT2D eigenvalue weighted by atomic mass is 35.5. The van der Waals surface area contributed by atoms with Gasteiger partial charge < -0.3 is 10.2 Å². The number of nitrogens with zero attached hydrogens (tertiary/aromatic N) is 2. The molecule has 4 atom stereocenters. The van der Waals surface area contributed by atoms with Crippen LogP contribution in [-0.4, -0.2) is 34.5 Å². The van der Waals surface area contributed by atoms with Crippen LogP contribution in [0.15, 0.2) is 103 Å². The largest absolute Gasteiger partial charge is 0.352 e. The van der Waals surface area contributed by atoms with Crippen molar-refractivity contribution in [1.82, 2.24) is 0 Å². The number of fused-ring (bicyclic) bond motifs is 6. The minimum absolute atomic E-state index is 0.0542. The van der Waals surface area contributed by atoms with Gasteiger partial charge in [0, 0.05) is 45.2 Å². The summed E-state index contributed by atoms with van der Waals surface area (Å²) in [5, 5.41) is 15.1. The van der Waals surface area contributed by atoms with E-state index < -0.39 is 40.0 Å². The van der Waals surface area contributed by atoms with Crippen molar-refractivity contribution in [1.29, 1.82) is 0 Å². The topological polar surface area (TPSA) is 110 Å². The average Bonchev–Trinajstić information content (AvgIpc) is 3.49. The molecule has 1 fully saturated rings. The number of amides is 1. The van der Waals surface area contributed by atoms with E-state index in [1.54, 1.807) is 36.4 Å². The Morgan fingerprint density at radius 1 is 0.907 bits per heavy atom. The Labute approximate surface area is 251 Å². The maximum atomic E-state index is 14.9. The standard InChI is InChI=1S/C34H24ClN3O5/c1-19-17-28-34(25-10-3-4-11-26(25)36-33(34)41)29(31(39)21-7-6-8-23(18-21)38(42)43)30(32(40)20-13-15-22(35)16-14-20)37(28)27-12-5-2-9-24(19)27/h2-18,28-30H,1H3,(H,36,41)/t28-,29+,30+,34-/m1/s1. The smallest absolute Gasteiger partial charge is 0.270 e. The van der Waals surface area contributed by atoms with Crippen molar-refractivity contribution >= 4 is 51.7 Å². The maximum Gasteiger partial charge on any atom is 0.270 e. The highest BCUT2D eigenvalue weighted by molar-refractivity contribution is 6.30. The fourth-order valence-corrected chi connectivity index (χ4v) is 7.25. The van der Waals surface area contributed by atoms with Crippen molar-refractivity contribution in [3.05, 3.63) is 141 Å². The Morgan fingerprint density at radius 2 is 1.63 bits per heavy atom. The predicted octanol–water partition coefficient (Wildman–Crippen LogP) is 6.49. The van der Waals surface area contributed by atoms with Crippen LogP contribution in [0.1, 0.15) is 38.8 Å². The van der Waals surface area contributed by atoms with Crippen molar-refractivity contribution in [2.45, 2.75) is 24.4 Å². The number of ketones is 2. The van der Waals surface area contributed by atoms with E-state index in [0.717, 1.165) is 16.8 Å². The molecule has 0 saturated carbocycles. The van der Waals surface area contributed by atoms with Gasteiger partial charge in [-0.05, 0) is 54.5 Å². The van der Waals surface area contributed by atoms with Crippen LogP contribution >= 0.6 is 11.6 Å². The highest BCUT2D eigenvalue weighted by Crippen LogP contribution is 2.58. The van der Waals surface area contributed by atoms with E-state index in [2.05, 4.69) is 5.32 Å². The third-order valence-electron chi connectivity index (χ3n) is 8.91. The lowest BCUT2D eigenvalue weighted by molar-refractivity contribution is -0.384. The van der Waals surface area contributed by atoms with E-state index in [-0.39, 0.29) is 17.0 Å². The monoisotopic (exact) mass is 589 g/mol. The second kappa shape index (κ2) is 9.74. The number of nitrogens with one attached hydrogen (secondary N) is 1. The number of nitro groups is 1. The van der Waals surface area contributed by atoms with Crippen molar-refractivity contribution in [3.8, 4) is 0 Å². The molecule has 3 aliphatic heterocycles. The molecule has 1 N–H and O–H groups in total. The van der Waals surface area contributed by atoms with Gasteiger partial charge in [0.25, 0.3) is 5.69 Å². The molecule has 0 bridgehead atoms. The molecule has 0 aromatic heterocycles. The normalized spacial score (nSPS) is 23.2. The first-order chi connectivity index (χ1) is 20.7. The SMILES string of the molecule is CC1=C[C@H]2N(c3ccccc31)[C@H](C(=O)c1ccc(Cl)cc1)[C@@H](C(=O)c1cccc([N+](=O)[O-])c1)[C@]21C(=O)Nc2ccccc21. The second-order valence-electron chi connectivity index (χ2n) is 11.1. The Hall–Kier alpha value is -5.08. The third-order valence-corrected chi connectivity index (χ3v) is 9.16. The molecular formula is C34H24ClN3O5. The number of hydrogen-bond acceptors (Lipinski definition) is 6. The molecule has 0 radical (unpaired) electrons. The van der Waals surface area contributed by atoms with E-state index >= 15 is 0 Å². The number of halogens is 1. The number of hydrogen-bond donors (Lipinski definition) is 1. The maximum absolute atomic E-state index is 14.9. The first kappa shape index (κ1) is 26.8. The van der Waals surface area contributed by atoms with Crippen LogP contribution in [0, 0.1) is 16.0 Å². The lowest BCUT2D eigenvalue weighted by atomic mass is 9.64. The van der Waals surface area contributed by atoms with Gasteiger partial charge in [-0.3, -0.25) is 24.5 Å². The number of carbonyl (C=O) groups excluding carboxylic acids is 3. The van der Waals surface area contributed by atoms with Gasteiger partial charge in [0.2, 0.25) is 5.91 Å². The summed E-state index contributed by atoms with van der Waals surface area (Å²) in [5.74, 6) is -2.52. The molecule has 212 valence electrons. The molecule has 7 rings (SSSR count). The van der Waals surface area contributed by atoms with Crippen LogP contribution in [-0.2, 0) is 10.2 Å². The fourth-order valence-electron chi connectivity index (χ4n) is 7.12. The Morgan fingerprint density at radius 3 is 2.40 bits per heavy atom. The molecule has 4 aromatic rings. The van der Waals surface area contributed by atoms with Gasteiger partial charge in [-0.15, -0.1) is 0 Å². The van der Waals surface area contributed by atoms with Gasteiger partial charge in [-0.1, -0.05) is 66.2 Å². The summed E-state index contributed by atoms with van der Waals surface area (Å²) < 4.78 is 0. The zero-order valence-electron chi connectivity index (χ0n) is 22.9. The summed E-state index contributed by atoms with van der Waals surface area (Å²) in [6, 6.07) is 24.9. The zero-order valence-corrected chi connectivity index (χ0v) is 23.6. The minimum atomic E-state index is -1.51. The number of allylic oxidation sites excluding steroid dienone is 1. The fraction of sp³-hybridized carbons (Fsp3) is 0.147. The molecule has 0 unspecified atom stereocenters. The highest BCUT2D eigenvalue weighted by Gasteiger charge is 2.70. The van der Waals surface area contributed by atoms with Crippen LogP contribution in [0.2, 0.25) is 5.02 Å². The molecular weight excluding hydrogens is 566 g/mol. The summed E-state index contributed by atoms with van der Waals surface area (Å²) in [4.78, 5) is 57.0. The number of carbonyl (C=O) groups is 3. The second-order valence-corrected chi connectivity index (χ2v) is 11.5. The molecule has 3 aliphatic rings. The third kappa shape index (κ3) is 3.79. The van der Waals surface area contributed by atoms with Gasteiger partial charge >= 0.3 is 0 Å². The van der Waals surface area contributed by atoms with Crippen molar-refractivity contribution in [3.63, 3.8) is 0 Å². The summed E-state index contributed by atoms with van der Waals surface area (Å²) in [7, 11) is 0. The summed E-state index contributed by atoms with van der Waals surface area (Å²) in [6.07, 6.45) is 1.97. The number of anilines is 2. The Kier molecular flexibility index (Phi) is 6.07. The average molecular weight is 590 g/mol. The zero-order chi connectivity index (χ0) is 30.0. The molecule has 4 aromatic carbocycles. The summed E-state index contributed by atoms with van der Waals surface area (Å²) in [5.41, 5.74) is 2.31. The van der Waals surface area contributed by atoms with Crippen LogP contribution in [0.5, 0.6) is 0 Å². The molecule has 1 spiro atoms. The molecule has 43 heavy (non-hydrogen) atoms. The lowest BCUT2D eigenvalue weighted by Gasteiger charge is -2.39. The molecule has 1 saturated heterocycles. The molecule has 0 aliphatic carbocycles. The summed E-state index contributed by atoms with van der Waals surface area (Å²) in [6.45, 7) is 1.95. The molecule has 1 amide bonds. The number of rotatable bonds is 5. The van der Waals surface area contributed by atoms with Gasteiger partial charge in [-0.25, -0.2) is 0 Å². The van der Waals surface area contributed by atoms with Gasteiger partial charge in [0.15, 0.2) is 11.6 Å².